The highest BCUT2D eigenvalue weighted by molar-refractivity contribution is 7.11. The highest BCUT2D eigenvalue weighted by Gasteiger charge is 2.20. The molecule has 1 aliphatic rings. The van der Waals surface area contributed by atoms with E-state index in [-0.39, 0.29) is 0 Å². The van der Waals surface area contributed by atoms with E-state index >= 15 is 0 Å². The second-order valence-corrected chi connectivity index (χ2v) is 7.01. The molecule has 6 heteroatoms. The highest BCUT2D eigenvalue weighted by Crippen LogP contribution is 2.17. The first-order valence-corrected chi connectivity index (χ1v) is 8.92. The van der Waals surface area contributed by atoms with Crippen molar-refractivity contribution in [3.63, 3.8) is 0 Å². The molecule has 0 radical (unpaired) electrons. The first-order valence-electron chi connectivity index (χ1n) is 8.10. The van der Waals surface area contributed by atoms with Gasteiger partial charge >= 0.3 is 0 Å². The van der Waals surface area contributed by atoms with Gasteiger partial charge in [-0.2, -0.15) is 0 Å². The predicted molar refractivity (Wildman–Crippen MR) is 90.8 cm³/mol. The number of hydrogen-bond donors (Lipinski definition) is 0. The van der Waals surface area contributed by atoms with Gasteiger partial charge < -0.3 is 9.47 Å². The van der Waals surface area contributed by atoms with E-state index in [1.807, 2.05) is 37.3 Å². The molecule has 1 aliphatic heterocycles. The summed E-state index contributed by atoms with van der Waals surface area (Å²) < 4.78 is 11.6. The number of para-hydroxylation sites is 1. The number of aryl methyl sites for hydroxylation is 1. The van der Waals surface area contributed by atoms with Crippen LogP contribution in [0.1, 0.15) is 22.9 Å². The fourth-order valence-electron chi connectivity index (χ4n) is 2.71. The molecule has 1 saturated heterocycles. The van der Waals surface area contributed by atoms with E-state index in [2.05, 4.69) is 15.1 Å². The van der Waals surface area contributed by atoms with E-state index in [0.717, 1.165) is 54.8 Å². The van der Waals surface area contributed by atoms with Crippen LogP contribution in [-0.2, 0) is 11.3 Å². The first kappa shape index (κ1) is 16.4. The molecule has 1 atom stereocenters. The van der Waals surface area contributed by atoms with Gasteiger partial charge in [-0.3, -0.25) is 4.90 Å². The van der Waals surface area contributed by atoms with Crippen molar-refractivity contribution < 1.29 is 9.47 Å². The van der Waals surface area contributed by atoms with E-state index in [1.165, 1.54) is 0 Å². The summed E-state index contributed by atoms with van der Waals surface area (Å²) in [5.41, 5.74) is 0. The Kier molecular flexibility index (Phi) is 5.96. The molecule has 0 amide bonds. The molecular weight excluding hydrogens is 310 g/mol. The molecule has 3 rings (SSSR count). The maximum absolute atomic E-state index is 5.83. The molecule has 0 spiro atoms. The maximum atomic E-state index is 5.83. The maximum Gasteiger partial charge on any atom is 0.131 e. The highest BCUT2D eigenvalue weighted by atomic mass is 32.1. The Balaban J connectivity index is 1.53. The minimum atomic E-state index is 0.334. The summed E-state index contributed by atoms with van der Waals surface area (Å²) in [4.78, 5) is 2.36. The third-order valence-electron chi connectivity index (χ3n) is 3.83. The predicted octanol–water partition coefficient (Wildman–Crippen LogP) is 2.91. The summed E-state index contributed by atoms with van der Waals surface area (Å²) in [5.74, 6) is 0.913. The van der Waals surface area contributed by atoms with Crippen LogP contribution in [0.5, 0.6) is 5.75 Å². The Hall–Kier alpha value is -1.50. The summed E-state index contributed by atoms with van der Waals surface area (Å²) >= 11 is 1.66. The number of rotatable bonds is 8. The van der Waals surface area contributed by atoms with Crippen molar-refractivity contribution in [2.24, 2.45) is 0 Å². The Bertz CT molecular complexity index is 585. The summed E-state index contributed by atoms with van der Waals surface area (Å²) in [6.45, 7) is 6.13. The van der Waals surface area contributed by atoms with Gasteiger partial charge in [0.25, 0.3) is 0 Å². The van der Waals surface area contributed by atoms with Gasteiger partial charge in [-0.05, 0) is 31.9 Å². The van der Waals surface area contributed by atoms with Crippen molar-refractivity contribution in [2.45, 2.75) is 32.4 Å². The van der Waals surface area contributed by atoms with Crippen LogP contribution in [0.3, 0.4) is 0 Å². The average Bonchev–Trinajstić information content (AvgIpc) is 3.20. The summed E-state index contributed by atoms with van der Waals surface area (Å²) in [5, 5.41) is 10.4. The molecule has 124 valence electrons. The van der Waals surface area contributed by atoms with Gasteiger partial charge in [-0.1, -0.05) is 18.2 Å². The van der Waals surface area contributed by atoms with Crippen molar-refractivity contribution in [1.29, 1.82) is 0 Å². The molecule has 0 aliphatic carbocycles. The van der Waals surface area contributed by atoms with Gasteiger partial charge in [0.05, 0.1) is 12.6 Å². The van der Waals surface area contributed by atoms with Gasteiger partial charge in [-0.15, -0.1) is 21.5 Å². The topological polar surface area (TPSA) is 47.5 Å². The van der Waals surface area contributed by atoms with E-state index < -0.39 is 0 Å². The second-order valence-electron chi connectivity index (χ2n) is 5.75. The fourth-order valence-corrected chi connectivity index (χ4v) is 3.46. The fraction of sp³-hybridized carbons (Fsp3) is 0.529. The average molecular weight is 333 g/mol. The second kappa shape index (κ2) is 8.38. The molecule has 2 heterocycles. The zero-order valence-corrected chi connectivity index (χ0v) is 14.3. The molecular formula is C17H23N3O2S. The minimum Gasteiger partial charge on any atom is -0.492 e. The van der Waals surface area contributed by atoms with Crippen LogP contribution in [0.15, 0.2) is 30.3 Å². The van der Waals surface area contributed by atoms with Crippen molar-refractivity contribution in [1.82, 2.24) is 15.1 Å². The Morgan fingerprint density at radius 2 is 2.17 bits per heavy atom. The van der Waals surface area contributed by atoms with Crippen LogP contribution in [0.25, 0.3) is 0 Å². The van der Waals surface area contributed by atoms with Crippen molar-refractivity contribution in [3.05, 3.63) is 40.3 Å². The molecule has 0 bridgehead atoms. The third kappa shape index (κ3) is 5.27. The van der Waals surface area contributed by atoms with Crippen LogP contribution in [0, 0.1) is 6.92 Å². The lowest BCUT2D eigenvalue weighted by atomic mass is 10.2. The molecule has 1 unspecified atom stereocenters. The Morgan fingerprint density at radius 3 is 2.87 bits per heavy atom. The summed E-state index contributed by atoms with van der Waals surface area (Å²) in [6.07, 6.45) is 2.64. The molecule has 0 saturated carbocycles. The minimum absolute atomic E-state index is 0.334. The van der Waals surface area contributed by atoms with E-state index in [9.17, 15) is 0 Å². The van der Waals surface area contributed by atoms with Crippen molar-refractivity contribution in [3.8, 4) is 5.75 Å². The molecule has 1 fully saturated rings. The van der Waals surface area contributed by atoms with Crippen LogP contribution in [0.2, 0.25) is 0 Å². The number of ether oxygens (including phenoxy) is 2. The quantitative estimate of drug-likeness (QED) is 0.743. The molecule has 2 aromatic rings. The lowest BCUT2D eigenvalue weighted by Gasteiger charge is -2.24. The third-order valence-corrected chi connectivity index (χ3v) is 4.66. The van der Waals surface area contributed by atoms with Gasteiger partial charge in [0.1, 0.15) is 22.4 Å². The lowest BCUT2D eigenvalue weighted by molar-refractivity contribution is 0.0653. The zero-order chi connectivity index (χ0) is 15.9. The molecule has 1 aromatic carbocycles. The number of benzene rings is 1. The van der Waals surface area contributed by atoms with Gasteiger partial charge in [-0.25, -0.2) is 0 Å². The van der Waals surface area contributed by atoms with Gasteiger partial charge in [0.2, 0.25) is 0 Å². The number of aromatic nitrogens is 2. The van der Waals surface area contributed by atoms with E-state index in [4.69, 9.17) is 9.47 Å². The van der Waals surface area contributed by atoms with Crippen LogP contribution in [0.4, 0.5) is 0 Å². The largest absolute Gasteiger partial charge is 0.492 e. The zero-order valence-electron chi connectivity index (χ0n) is 13.5. The monoisotopic (exact) mass is 333 g/mol. The first-order chi connectivity index (χ1) is 11.3. The Morgan fingerprint density at radius 1 is 1.30 bits per heavy atom. The van der Waals surface area contributed by atoms with Crippen molar-refractivity contribution >= 4 is 11.3 Å². The van der Waals surface area contributed by atoms with Crippen LogP contribution >= 0.6 is 11.3 Å². The number of nitrogens with zero attached hydrogens (tertiary/aromatic N) is 3. The Labute approximate surface area is 141 Å². The van der Waals surface area contributed by atoms with Gasteiger partial charge in [0.15, 0.2) is 0 Å². The summed E-state index contributed by atoms with van der Waals surface area (Å²) in [7, 11) is 0. The van der Waals surface area contributed by atoms with E-state index in [1.54, 1.807) is 11.3 Å². The normalized spacial score (nSPS) is 17.7. The standard InChI is InChI=1S/C17H23N3O2S/c1-14-18-19-17(23-14)13-20(12-16-8-5-10-21-16)9-11-22-15-6-3-2-4-7-15/h2-4,6-7,16H,5,8-13H2,1H3. The summed E-state index contributed by atoms with van der Waals surface area (Å²) in [6, 6.07) is 9.94. The van der Waals surface area contributed by atoms with Crippen molar-refractivity contribution in [2.75, 3.05) is 26.3 Å². The lowest BCUT2D eigenvalue weighted by Crippen LogP contribution is -2.35. The smallest absolute Gasteiger partial charge is 0.131 e. The van der Waals surface area contributed by atoms with Crippen LogP contribution in [-0.4, -0.2) is 47.5 Å². The SMILES string of the molecule is Cc1nnc(CN(CCOc2ccccc2)CC2CCCO2)s1. The van der Waals surface area contributed by atoms with Gasteiger partial charge in [0, 0.05) is 19.7 Å². The molecule has 1 aromatic heterocycles. The van der Waals surface area contributed by atoms with E-state index in [0.29, 0.717) is 12.7 Å². The van der Waals surface area contributed by atoms with Crippen LogP contribution < -0.4 is 4.74 Å². The molecule has 5 nitrogen and oxygen atoms in total. The molecule has 0 N–H and O–H groups in total. The molecule has 23 heavy (non-hydrogen) atoms. The number of hydrogen-bond acceptors (Lipinski definition) is 6.